The van der Waals surface area contributed by atoms with Crippen LogP contribution in [-0.2, 0) is 9.59 Å². The van der Waals surface area contributed by atoms with Gasteiger partial charge >= 0.3 is 11.8 Å². The molecule has 0 spiro atoms. The number of rotatable bonds is 5. The predicted molar refractivity (Wildman–Crippen MR) is 76.0 cm³/mol. The molecule has 1 aromatic rings. The average Bonchev–Trinajstić information content (AvgIpc) is 3.32. The number of nitro groups is 1. The minimum absolute atomic E-state index is 0.0359. The molecule has 0 heterocycles. The summed E-state index contributed by atoms with van der Waals surface area (Å²) in [4.78, 5) is 32.8. The lowest BCUT2D eigenvalue weighted by Crippen LogP contribution is -2.38. The molecule has 1 aliphatic rings. The summed E-state index contributed by atoms with van der Waals surface area (Å²) in [5.41, 5.74) is 1.48. The number of carbonyl (C=O) groups is 2. The van der Waals surface area contributed by atoms with Crippen LogP contribution < -0.4 is 20.6 Å². The van der Waals surface area contributed by atoms with Crippen molar-refractivity contribution in [3.63, 3.8) is 0 Å². The van der Waals surface area contributed by atoms with Crippen molar-refractivity contribution in [3.05, 3.63) is 27.8 Å². The zero-order valence-electron chi connectivity index (χ0n) is 12.1. The van der Waals surface area contributed by atoms with Crippen LogP contribution in [0.5, 0.6) is 11.5 Å². The maximum Gasteiger partial charge on any atom is 0.329 e. The highest BCUT2D eigenvalue weighted by Crippen LogP contribution is 2.33. The van der Waals surface area contributed by atoms with E-state index in [-0.39, 0.29) is 17.4 Å². The van der Waals surface area contributed by atoms with Crippen LogP contribution in [0.15, 0.2) is 17.2 Å². The monoisotopic (exact) mass is 321 g/mol. The van der Waals surface area contributed by atoms with E-state index in [0.717, 1.165) is 25.1 Å². The largest absolute Gasteiger partial charge is 0.865 e. The number of ether oxygens (including phenoxy) is 1. The molecule has 1 saturated carbocycles. The molecule has 10 nitrogen and oxygen atoms in total. The second-order valence-electron chi connectivity index (χ2n) is 4.78. The minimum Gasteiger partial charge on any atom is -0.865 e. The van der Waals surface area contributed by atoms with Crippen LogP contribution in [0.2, 0.25) is 0 Å². The smallest absolute Gasteiger partial charge is 0.329 e. The molecular weight excluding hydrogens is 308 g/mol. The molecular formula is C13H13N4O6-. The molecule has 0 aromatic heterocycles. The summed E-state index contributed by atoms with van der Waals surface area (Å²) in [6.07, 6.45) is 2.75. The molecule has 1 fully saturated rings. The van der Waals surface area contributed by atoms with Gasteiger partial charge in [0.15, 0.2) is 0 Å². The molecule has 1 aromatic carbocycles. The van der Waals surface area contributed by atoms with Gasteiger partial charge in [0.05, 0.1) is 18.2 Å². The van der Waals surface area contributed by atoms with Gasteiger partial charge in [0.1, 0.15) is 5.75 Å². The van der Waals surface area contributed by atoms with Crippen LogP contribution in [0, 0.1) is 10.1 Å². The minimum atomic E-state index is -0.949. The number of benzene rings is 1. The summed E-state index contributed by atoms with van der Waals surface area (Å²) in [6, 6.07) is 2.26. The van der Waals surface area contributed by atoms with Crippen LogP contribution in [0.25, 0.3) is 0 Å². The van der Waals surface area contributed by atoms with Crippen molar-refractivity contribution in [2.45, 2.75) is 18.9 Å². The Morgan fingerprint density at radius 2 is 2.09 bits per heavy atom. The van der Waals surface area contributed by atoms with Gasteiger partial charge in [-0.15, -0.1) is 0 Å². The summed E-state index contributed by atoms with van der Waals surface area (Å²) in [6.45, 7) is 0. The number of amides is 2. The standard InChI is InChI=1S/C13H14N4O6/c1-23-10-5-7(4-9(11(10)18)17(21)22)6-14-16-13(20)12(19)15-8-2-3-8/h4-6,8,18H,2-3H2,1H3,(H,15,19)(H,16,20)/p-1/b14-6-. The van der Waals surface area contributed by atoms with E-state index in [2.05, 4.69) is 10.4 Å². The van der Waals surface area contributed by atoms with E-state index in [9.17, 15) is 24.8 Å². The Hall–Kier alpha value is -3.17. The molecule has 2 amide bonds. The fourth-order valence-corrected chi connectivity index (χ4v) is 1.66. The SMILES string of the molecule is COc1cc(/C=N\NC(=O)C(=O)NC2CC2)cc([N+](=O)[O-])c1[O-]. The number of nitrogens with one attached hydrogen (secondary N) is 2. The lowest BCUT2D eigenvalue weighted by Gasteiger charge is -2.12. The highest BCUT2D eigenvalue weighted by molar-refractivity contribution is 6.35. The molecule has 23 heavy (non-hydrogen) atoms. The van der Waals surface area contributed by atoms with Gasteiger partial charge in [-0.2, -0.15) is 5.10 Å². The number of nitrogens with zero attached hydrogens (tertiary/aromatic N) is 2. The Morgan fingerprint density at radius 3 is 2.65 bits per heavy atom. The summed E-state index contributed by atoms with van der Waals surface area (Å²) in [5.74, 6) is -2.83. The van der Waals surface area contributed by atoms with Crippen molar-refractivity contribution in [1.82, 2.24) is 10.7 Å². The van der Waals surface area contributed by atoms with Crippen molar-refractivity contribution in [2.24, 2.45) is 5.10 Å². The van der Waals surface area contributed by atoms with Crippen LogP contribution >= 0.6 is 0 Å². The van der Waals surface area contributed by atoms with Gasteiger partial charge in [-0.1, -0.05) is 0 Å². The van der Waals surface area contributed by atoms with Crippen molar-refractivity contribution in [3.8, 4) is 11.5 Å². The van der Waals surface area contributed by atoms with Gasteiger partial charge < -0.3 is 15.2 Å². The van der Waals surface area contributed by atoms with E-state index < -0.39 is 28.2 Å². The Kier molecular flexibility index (Phi) is 4.74. The number of methoxy groups -OCH3 is 1. The van der Waals surface area contributed by atoms with E-state index >= 15 is 0 Å². The second kappa shape index (κ2) is 6.73. The molecule has 0 atom stereocenters. The number of nitro benzene ring substituents is 1. The molecule has 0 aliphatic heterocycles. The summed E-state index contributed by atoms with van der Waals surface area (Å²) in [7, 11) is 1.20. The molecule has 122 valence electrons. The first kappa shape index (κ1) is 16.2. The number of carbonyl (C=O) groups excluding carboxylic acids is 2. The lowest BCUT2D eigenvalue weighted by molar-refractivity contribution is -0.398. The Balaban J connectivity index is 2.06. The molecule has 0 saturated heterocycles. The lowest BCUT2D eigenvalue weighted by atomic mass is 10.2. The van der Waals surface area contributed by atoms with Gasteiger partial charge in [-0.3, -0.25) is 19.7 Å². The summed E-state index contributed by atoms with van der Waals surface area (Å²) >= 11 is 0. The van der Waals surface area contributed by atoms with E-state index in [1.807, 2.05) is 5.43 Å². The number of hydrogen-bond acceptors (Lipinski definition) is 7. The maximum atomic E-state index is 11.6. The van der Waals surface area contributed by atoms with Gasteiger partial charge in [0.25, 0.3) is 5.69 Å². The number of hydrazone groups is 1. The Morgan fingerprint density at radius 1 is 1.39 bits per heavy atom. The second-order valence-corrected chi connectivity index (χ2v) is 4.78. The van der Waals surface area contributed by atoms with Gasteiger partial charge in [-0.05, 0) is 18.9 Å². The molecule has 1 aliphatic carbocycles. The van der Waals surface area contributed by atoms with Crippen molar-refractivity contribution >= 4 is 23.7 Å². The molecule has 10 heteroatoms. The van der Waals surface area contributed by atoms with Crippen LogP contribution in [0.3, 0.4) is 0 Å². The predicted octanol–water partition coefficient (Wildman–Crippen LogP) is -0.594. The highest BCUT2D eigenvalue weighted by atomic mass is 16.6. The quantitative estimate of drug-likeness (QED) is 0.320. The zero-order valence-corrected chi connectivity index (χ0v) is 12.1. The molecule has 0 radical (unpaired) electrons. The van der Waals surface area contributed by atoms with Crippen molar-refractivity contribution in [2.75, 3.05) is 7.11 Å². The molecule has 0 unspecified atom stereocenters. The average molecular weight is 321 g/mol. The number of hydrogen-bond donors (Lipinski definition) is 2. The van der Waals surface area contributed by atoms with E-state index in [1.54, 1.807) is 0 Å². The molecule has 0 bridgehead atoms. The molecule has 2 N–H and O–H groups in total. The summed E-state index contributed by atoms with van der Waals surface area (Å²) in [5, 5.41) is 28.5. The first-order valence-corrected chi connectivity index (χ1v) is 6.59. The highest BCUT2D eigenvalue weighted by Gasteiger charge is 2.26. The van der Waals surface area contributed by atoms with Crippen LogP contribution in [-0.4, -0.2) is 36.1 Å². The van der Waals surface area contributed by atoms with Crippen LogP contribution in [0.4, 0.5) is 5.69 Å². The molecule has 2 rings (SSSR count). The fourth-order valence-electron chi connectivity index (χ4n) is 1.66. The zero-order chi connectivity index (χ0) is 17.0. The first-order valence-electron chi connectivity index (χ1n) is 6.59. The summed E-state index contributed by atoms with van der Waals surface area (Å²) < 4.78 is 4.76. The normalized spacial score (nSPS) is 13.6. The van der Waals surface area contributed by atoms with E-state index in [1.165, 1.54) is 13.2 Å². The van der Waals surface area contributed by atoms with Crippen molar-refractivity contribution < 1.29 is 24.4 Å². The van der Waals surface area contributed by atoms with Gasteiger partial charge in [0.2, 0.25) is 0 Å². The van der Waals surface area contributed by atoms with Gasteiger partial charge in [0, 0.05) is 23.4 Å². The fraction of sp³-hybridized carbons (Fsp3) is 0.308. The third kappa shape index (κ3) is 4.15. The van der Waals surface area contributed by atoms with Crippen LogP contribution in [0.1, 0.15) is 18.4 Å². The maximum absolute atomic E-state index is 11.6. The van der Waals surface area contributed by atoms with Gasteiger partial charge in [-0.25, -0.2) is 5.43 Å². The third-order valence-corrected chi connectivity index (χ3v) is 2.97. The Bertz CT molecular complexity index is 683. The van der Waals surface area contributed by atoms with Crippen molar-refractivity contribution in [1.29, 1.82) is 0 Å². The first-order chi connectivity index (χ1) is 10.9. The topological polar surface area (TPSA) is 146 Å². The third-order valence-electron chi connectivity index (χ3n) is 2.97. The van der Waals surface area contributed by atoms with E-state index in [0.29, 0.717) is 0 Å². The van der Waals surface area contributed by atoms with E-state index in [4.69, 9.17) is 4.74 Å². The Labute approximate surface area is 130 Å².